The number of thiazole rings is 1. The second-order valence-corrected chi connectivity index (χ2v) is 8.41. The van der Waals surface area contributed by atoms with E-state index in [1.807, 2.05) is 18.2 Å². The van der Waals surface area contributed by atoms with Crippen LogP contribution in [0.2, 0.25) is 0 Å². The average Bonchev–Trinajstić information content (AvgIpc) is 3.31. The zero-order valence-electron chi connectivity index (χ0n) is 14.0. The summed E-state index contributed by atoms with van der Waals surface area (Å²) in [6.07, 6.45) is 0.505. The minimum absolute atomic E-state index is 0.0440. The van der Waals surface area contributed by atoms with Crippen LogP contribution in [-0.2, 0) is 16.4 Å². The Morgan fingerprint density at radius 3 is 2.70 bits per heavy atom. The van der Waals surface area contributed by atoms with E-state index in [1.165, 1.54) is 28.8 Å². The van der Waals surface area contributed by atoms with Gasteiger partial charge in [0.1, 0.15) is 10.8 Å². The lowest BCUT2D eigenvalue weighted by Gasteiger charge is -2.05. The maximum Gasteiger partial charge on any atom is 0.258 e. The molecule has 0 fully saturated rings. The molecule has 0 saturated heterocycles. The highest BCUT2D eigenvalue weighted by molar-refractivity contribution is 7.89. The first-order chi connectivity index (χ1) is 13.0. The van der Waals surface area contributed by atoms with Crippen molar-refractivity contribution in [3.63, 3.8) is 0 Å². The molecule has 0 amide bonds. The van der Waals surface area contributed by atoms with E-state index in [-0.39, 0.29) is 24.2 Å². The topological polar surface area (TPSA) is 77.5 Å². The number of rotatable bonds is 6. The maximum absolute atomic E-state index is 13.0. The number of hydrogen-bond donors (Lipinski definition) is 1. The van der Waals surface area contributed by atoms with Gasteiger partial charge in [-0.1, -0.05) is 6.07 Å². The number of halogens is 1. The van der Waals surface area contributed by atoms with Gasteiger partial charge in [0.25, 0.3) is 10.0 Å². The molecule has 0 aliphatic carbocycles. The smallest absolute Gasteiger partial charge is 0.258 e. The van der Waals surface area contributed by atoms with Crippen LogP contribution in [0.5, 0.6) is 11.5 Å². The Hall–Kier alpha value is -2.49. The number of nitrogens with zero attached hydrogens (tertiary/aromatic N) is 1. The molecule has 0 radical (unpaired) electrons. The van der Waals surface area contributed by atoms with E-state index >= 15 is 0 Å². The Balaban J connectivity index is 1.41. The van der Waals surface area contributed by atoms with E-state index in [2.05, 4.69) is 9.71 Å². The van der Waals surface area contributed by atoms with E-state index in [1.54, 1.807) is 12.1 Å². The van der Waals surface area contributed by atoms with E-state index in [0.717, 1.165) is 5.56 Å². The highest BCUT2D eigenvalue weighted by atomic mass is 32.2. The van der Waals surface area contributed by atoms with Crippen molar-refractivity contribution >= 4 is 21.4 Å². The van der Waals surface area contributed by atoms with Crippen LogP contribution in [0.15, 0.2) is 52.9 Å². The van der Waals surface area contributed by atoms with Crippen molar-refractivity contribution in [1.29, 1.82) is 0 Å². The molecule has 4 rings (SSSR count). The molecule has 0 bridgehead atoms. The van der Waals surface area contributed by atoms with Crippen LogP contribution < -0.4 is 14.2 Å². The molecule has 3 aromatic rings. The first-order valence-corrected chi connectivity index (χ1v) is 10.5. The minimum atomic E-state index is -3.72. The van der Waals surface area contributed by atoms with Gasteiger partial charge in [-0.15, -0.1) is 11.3 Å². The molecule has 0 saturated carbocycles. The highest BCUT2D eigenvalue weighted by Gasteiger charge is 2.19. The normalized spacial score (nSPS) is 13.1. The lowest BCUT2D eigenvalue weighted by atomic mass is 10.1. The van der Waals surface area contributed by atoms with Crippen LogP contribution in [0.25, 0.3) is 10.6 Å². The number of sulfonamides is 1. The van der Waals surface area contributed by atoms with Crippen molar-refractivity contribution in [1.82, 2.24) is 9.71 Å². The fraction of sp³-hybridized carbons (Fsp3) is 0.167. The van der Waals surface area contributed by atoms with Crippen molar-refractivity contribution in [3.8, 4) is 22.1 Å². The van der Waals surface area contributed by atoms with Crippen LogP contribution in [0.3, 0.4) is 0 Å². The molecule has 0 unspecified atom stereocenters. The summed E-state index contributed by atoms with van der Waals surface area (Å²) in [4.78, 5) is 4.16. The van der Waals surface area contributed by atoms with Crippen molar-refractivity contribution in [2.75, 3.05) is 13.3 Å². The number of aromatic nitrogens is 1. The van der Waals surface area contributed by atoms with Gasteiger partial charge in [-0.25, -0.2) is 22.5 Å². The summed E-state index contributed by atoms with van der Waals surface area (Å²) < 4.78 is 51.0. The maximum atomic E-state index is 13.0. The summed E-state index contributed by atoms with van der Waals surface area (Å²) in [7, 11) is -3.72. The first-order valence-electron chi connectivity index (χ1n) is 8.11. The summed E-state index contributed by atoms with van der Waals surface area (Å²) >= 11 is 1.20. The molecule has 1 aliphatic heterocycles. The number of nitrogens with one attached hydrogen (secondary N) is 1. The third-order valence-corrected chi connectivity index (χ3v) is 6.38. The van der Waals surface area contributed by atoms with Gasteiger partial charge in [0.2, 0.25) is 6.79 Å². The van der Waals surface area contributed by atoms with Crippen LogP contribution in [0.1, 0.15) is 5.56 Å². The first kappa shape index (κ1) is 17.9. The average molecular weight is 406 g/mol. The molecule has 0 atom stereocenters. The van der Waals surface area contributed by atoms with Crippen molar-refractivity contribution in [2.45, 2.75) is 11.4 Å². The zero-order chi connectivity index (χ0) is 18.9. The lowest BCUT2D eigenvalue weighted by molar-refractivity contribution is 0.174. The number of ether oxygens (including phenoxy) is 2. The Kier molecular flexibility index (Phi) is 4.81. The van der Waals surface area contributed by atoms with Gasteiger partial charge in [0, 0.05) is 17.5 Å². The monoisotopic (exact) mass is 406 g/mol. The second-order valence-electron chi connectivity index (χ2n) is 5.83. The Morgan fingerprint density at radius 2 is 1.89 bits per heavy atom. The fourth-order valence-electron chi connectivity index (χ4n) is 2.61. The third kappa shape index (κ3) is 3.95. The van der Waals surface area contributed by atoms with Gasteiger partial charge < -0.3 is 9.47 Å². The molecular formula is C18H15FN2O4S2. The van der Waals surface area contributed by atoms with E-state index in [9.17, 15) is 12.8 Å². The lowest BCUT2D eigenvalue weighted by Crippen LogP contribution is -2.26. The molecule has 1 aliphatic rings. The van der Waals surface area contributed by atoms with E-state index in [0.29, 0.717) is 28.5 Å². The van der Waals surface area contributed by atoms with Gasteiger partial charge in [0.15, 0.2) is 16.5 Å². The predicted octanol–water partition coefficient (Wildman–Crippen LogP) is 3.20. The van der Waals surface area contributed by atoms with E-state index in [4.69, 9.17) is 9.47 Å². The molecule has 1 aromatic heterocycles. The molecule has 2 aromatic carbocycles. The molecule has 6 nitrogen and oxygen atoms in total. The standard InChI is InChI=1S/C18H15FN2O4S2/c19-14-4-2-13(3-5-14)18-21-17(10-26-18)27(22,23)20-8-7-12-1-6-15-16(9-12)25-11-24-15/h1-6,9-10,20H,7-8,11H2. The van der Waals surface area contributed by atoms with Gasteiger partial charge in [0.05, 0.1) is 0 Å². The number of hydrogen-bond acceptors (Lipinski definition) is 6. The van der Waals surface area contributed by atoms with Gasteiger partial charge in [-0.05, 0) is 48.4 Å². The minimum Gasteiger partial charge on any atom is -0.454 e. The molecule has 27 heavy (non-hydrogen) atoms. The van der Waals surface area contributed by atoms with Gasteiger partial charge >= 0.3 is 0 Å². The zero-order valence-corrected chi connectivity index (χ0v) is 15.6. The van der Waals surface area contributed by atoms with E-state index < -0.39 is 10.0 Å². The Bertz CT molecular complexity index is 1070. The molecular weight excluding hydrogens is 391 g/mol. The molecule has 2 heterocycles. The van der Waals surface area contributed by atoms with Gasteiger partial charge in [-0.2, -0.15) is 0 Å². The number of fused-ring (bicyclic) bond motifs is 1. The van der Waals surface area contributed by atoms with Crippen LogP contribution in [0, 0.1) is 5.82 Å². The van der Waals surface area contributed by atoms with Gasteiger partial charge in [-0.3, -0.25) is 0 Å². The second kappa shape index (κ2) is 7.26. The Morgan fingerprint density at radius 1 is 1.11 bits per heavy atom. The highest BCUT2D eigenvalue weighted by Crippen LogP contribution is 2.32. The number of benzene rings is 2. The third-order valence-electron chi connectivity index (χ3n) is 3.99. The fourth-order valence-corrected chi connectivity index (χ4v) is 4.73. The predicted molar refractivity (Wildman–Crippen MR) is 99.0 cm³/mol. The summed E-state index contributed by atoms with van der Waals surface area (Å²) in [6, 6.07) is 11.3. The largest absolute Gasteiger partial charge is 0.454 e. The summed E-state index contributed by atoms with van der Waals surface area (Å²) in [5.74, 6) is 1.00. The molecule has 0 spiro atoms. The van der Waals surface area contributed by atoms with Crippen molar-refractivity contribution in [2.24, 2.45) is 0 Å². The summed E-state index contributed by atoms with van der Waals surface area (Å²) in [6.45, 7) is 0.428. The molecule has 140 valence electrons. The molecule has 9 heteroatoms. The summed E-state index contributed by atoms with van der Waals surface area (Å²) in [5, 5.41) is 1.95. The van der Waals surface area contributed by atoms with Crippen LogP contribution in [-0.4, -0.2) is 26.7 Å². The van der Waals surface area contributed by atoms with Crippen molar-refractivity contribution < 1.29 is 22.3 Å². The van der Waals surface area contributed by atoms with Crippen LogP contribution in [0.4, 0.5) is 4.39 Å². The quantitative estimate of drug-likeness (QED) is 0.680. The Labute approximate surface area is 159 Å². The summed E-state index contributed by atoms with van der Waals surface area (Å²) in [5.41, 5.74) is 1.61. The molecule has 1 N–H and O–H groups in total. The van der Waals surface area contributed by atoms with Crippen molar-refractivity contribution in [3.05, 3.63) is 59.2 Å². The SMILES string of the molecule is O=S(=O)(NCCc1ccc2c(c1)OCO2)c1csc(-c2ccc(F)cc2)n1. The van der Waals surface area contributed by atoms with Crippen LogP contribution >= 0.6 is 11.3 Å².